The van der Waals surface area contributed by atoms with Crippen molar-refractivity contribution in [3.8, 4) is 0 Å². The molecular formula is C21H27N3O2S2. The van der Waals surface area contributed by atoms with E-state index in [4.69, 9.17) is 0 Å². The molecule has 1 fully saturated rings. The van der Waals surface area contributed by atoms with Crippen molar-refractivity contribution < 1.29 is 8.42 Å². The number of hydrogen-bond acceptors (Lipinski definition) is 4. The number of aliphatic imine (C=N–C) groups is 1. The minimum atomic E-state index is -3.28. The average Bonchev–Trinajstić information content (AvgIpc) is 3.20. The quantitative estimate of drug-likeness (QED) is 0.426. The Hall–Kier alpha value is -1.99. The van der Waals surface area contributed by atoms with Gasteiger partial charge in [-0.2, -0.15) is 0 Å². The number of nitrogens with zero attached hydrogens (tertiary/aromatic N) is 2. The molecule has 5 nitrogen and oxygen atoms in total. The van der Waals surface area contributed by atoms with Gasteiger partial charge in [-0.05, 0) is 36.6 Å². The molecule has 1 aliphatic rings. The van der Waals surface area contributed by atoms with Crippen LogP contribution in [0.5, 0.6) is 0 Å². The summed E-state index contributed by atoms with van der Waals surface area (Å²) in [4.78, 5) is 8.24. The molecule has 3 rings (SSSR count). The van der Waals surface area contributed by atoms with Gasteiger partial charge in [0.2, 0.25) is 0 Å². The summed E-state index contributed by atoms with van der Waals surface area (Å²) in [6, 6.07) is 19.1. The molecule has 1 saturated heterocycles. The number of rotatable bonds is 7. The molecule has 1 atom stereocenters. The molecule has 0 spiro atoms. The number of sulfone groups is 1. The smallest absolute Gasteiger partial charge is 0.193 e. The summed E-state index contributed by atoms with van der Waals surface area (Å²) in [6.45, 7) is 2.25. The van der Waals surface area contributed by atoms with E-state index in [0.29, 0.717) is 17.4 Å². The van der Waals surface area contributed by atoms with Crippen molar-refractivity contribution in [2.24, 2.45) is 10.9 Å². The van der Waals surface area contributed by atoms with E-state index >= 15 is 0 Å². The van der Waals surface area contributed by atoms with Crippen LogP contribution in [-0.2, 0) is 9.84 Å². The van der Waals surface area contributed by atoms with Gasteiger partial charge in [-0.15, -0.1) is 11.8 Å². The Labute approximate surface area is 172 Å². The maximum absolute atomic E-state index is 12.4. The number of likely N-dealkylation sites (tertiary alicyclic amines) is 1. The molecule has 2 aromatic rings. The molecule has 1 unspecified atom stereocenters. The van der Waals surface area contributed by atoms with Crippen molar-refractivity contribution in [3.05, 3.63) is 60.7 Å². The van der Waals surface area contributed by atoms with Crippen LogP contribution in [0.2, 0.25) is 0 Å². The molecular weight excluding hydrogens is 390 g/mol. The molecule has 0 aliphatic carbocycles. The maximum atomic E-state index is 12.4. The Morgan fingerprint density at radius 3 is 2.50 bits per heavy atom. The fourth-order valence-electron chi connectivity index (χ4n) is 3.27. The van der Waals surface area contributed by atoms with Gasteiger partial charge in [0.05, 0.1) is 10.6 Å². The highest BCUT2D eigenvalue weighted by molar-refractivity contribution is 7.99. The Kier molecular flexibility index (Phi) is 7.39. The zero-order valence-corrected chi connectivity index (χ0v) is 17.8. The van der Waals surface area contributed by atoms with Crippen molar-refractivity contribution in [1.82, 2.24) is 10.2 Å². The predicted molar refractivity (Wildman–Crippen MR) is 117 cm³/mol. The van der Waals surface area contributed by atoms with Gasteiger partial charge in [0.25, 0.3) is 0 Å². The Morgan fingerprint density at radius 2 is 1.82 bits per heavy atom. The number of benzene rings is 2. The van der Waals surface area contributed by atoms with Crippen LogP contribution in [0.25, 0.3) is 0 Å². The standard InChI is InChI=1S/C21H27N3O2S2/c1-22-21(23-13-15-28(25,26)20-10-6-3-7-11-20)24-14-12-18(16-24)17-27-19-8-4-2-5-9-19/h2-11,18H,12-17H2,1H3,(H,22,23). The second kappa shape index (κ2) is 9.98. The first-order valence-corrected chi connectivity index (χ1v) is 12.1. The Balaban J connectivity index is 1.45. The molecule has 2 aromatic carbocycles. The summed E-state index contributed by atoms with van der Waals surface area (Å²) < 4.78 is 24.8. The number of nitrogens with one attached hydrogen (secondary N) is 1. The van der Waals surface area contributed by atoms with Gasteiger partial charge in [0, 0.05) is 37.3 Å². The second-order valence-electron chi connectivity index (χ2n) is 6.83. The molecule has 0 aromatic heterocycles. The van der Waals surface area contributed by atoms with Crippen LogP contribution in [-0.4, -0.2) is 57.5 Å². The number of hydrogen-bond donors (Lipinski definition) is 1. The van der Waals surface area contributed by atoms with Crippen molar-refractivity contribution in [1.29, 1.82) is 0 Å². The lowest BCUT2D eigenvalue weighted by Gasteiger charge is -2.21. The van der Waals surface area contributed by atoms with Crippen molar-refractivity contribution in [2.45, 2.75) is 16.2 Å². The van der Waals surface area contributed by atoms with Gasteiger partial charge in [-0.1, -0.05) is 36.4 Å². The SMILES string of the molecule is CN=C(NCCS(=O)(=O)c1ccccc1)N1CCC(CSc2ccccc2)C1. The van der Waals surface area contributed by atoms with Gasteiger partial charge in [-0.25, -0.2) is 8.42 Å². The maximum Gasteiger partial charge on any atom is 0.193 e. The lowest BCUT2D eigenvalue weighted by molar-refractivity contribution is 0.476. The molecule has 0 amide bonds. The second-order valence-corrected chi connectivity index (χ2v) is 10.0. The number of guanidine groups is 1. The predicted octanol–water partition coefficient (Wildman–Crippen LogP) is 3.15. The van der Waals surface area contributed by atoms with Crippen molar-refractivity contribution >= 4 is 27.6 Å². The van der Waals surface area contributed by atoms with Gasteiger partial charge in [-0.3, -0.25) is 4.99 Å². The highest BCUT2D eigenvalue weighted by Gasteiger charge is 2.25. The number of thioether (sulfide) groups is 1. The molecule has 0 radical (unpaired) electrons. The highest BCUT2D eigenvalue weighted by atomic mass is 32.2. The van der Waals surface area contributed by atoms with Crippen LogP contribution in [0.1, 0.15) is 6.42 Å². The molecule has 7 heteroatoms. The van der Waals surface area contributed by atoms with Crippen LogP contribution in [0.3, 0.4) is 0 Å². The molecule has 0 bridgehead atoms. The lowest BCUT2D eigenvalue weighted by Crippen LogP contribution is -2.42. The third-order valence-corrected chi connectivity index (χ3v) is 7.76. The molecule has 1 heterocycles. The van der Waals surface area contributed by atoms with Crippen LogP contribution in [0.4, 0.5) is 0 Å². The van der Waals surface area contributed by atoms with E-state index in [-0.39, 0.29) is 5.75 Å². The normalized spacial score (nSPS) is 17.7. The summed E-state index contributed by atoms with van der Waals surface area (Å²) >= 11 is 1.89. The third kappa shape index (κ3) is 5.75. The minimum Gasteiger partial charge on any atom is -0.355 e. The Morgan fingerprint density at radius 1 is 1.14 bits per heavy atom. The summed E-state index contributed by atoms with van der Waals surface area (Å²) in [7, 11) is -1.53. The van der Waals surface area contributed by atoms with E-state index in [0.717, 1.165) is 31.2 Å². The van der Waals surface area contributed by atoms with Crippen LogP contribution < -0.4 is 5.32 Å². The van der Waals surface area contributed by atoms with Gasteiger partial charge < -0.3 is 10.2 Å². The highest BCUT2D eigenvalue weighted by Crippen LogP contribution is 2.25. The minimum absolute atomic E-state index is 0.0527. The first-order valence-electron chi connectivity index (χ1n) is 9.50. The van der Waals surface area contributed by atoms with E-state index in [1.807, 2.05) is 23.9 Å². The van der Waals surface area contributed by atoms with Crippen molar-refractivity contribution in [2.75, 3.05) is 38.2 Å². The van der Waals surface area contributed by atoms with E-state index in [9.17, 15) is 8.42 Å². The topological polar surface area (TPSA) is 61.8 Å². The van der Waals surface area contributed by atoms with E-state index in [1.165, 1.54) is 4.90 Å². The Bertz CT molecular complexity index is 871. The van der Waals surface area contributed by atoms with Gasteiger partial charge in [0.1, 0.15) is 0 Å². The fraction of sp³-hybridized carbons (Fsp3) is 0.381. The summed E-state index contributed by atoms with van der Waals surface area (Å²) in [6.07, 6.45) is 1.13. The first kappa shape index (κ1) is 20.7. The van der Waals surface area contributed by atoms with Gasteiger partial charge in [0.15, 0.2) is 15.8 Å². The largest absolute Gasteiger partial charge is 0.355 e. The van der Waals surface area contributed by atoms with Crippen LogP contribution in [0, 0.1) is 5.92 Å². The van der Waals surface area contributed by atoms with Crippen molar-refractivity contribution in [3.63, 3.8) is 0 Å². The molecule has 1 aliphatic heterocycles. The zero-order valence-electron chi connectivity index (χ0n) is 16.1. The summed E-state index contributed by atoms with van der Waals surface area (Å²) in [5.41, 5.74) is 0. The monoisotopic (exact) mass is 417 g/mol. The molecule has 1 N–H and O–H groups in total. The lowest BCUT2D eigenvalue weighted by atomic mass is 10.2. The summed E-state index contributed by atoms with van der Waals surface area (Å²) in [5.74, 6) is 2.53. The molecule has 0 saturated carbocycles. The van der Waals surface area contributed by atoms with E-state index in [1.54, 1.807) is 31.3 Å². The fourth-order valence-corrected chi connectivity index (χ4v) is 5.50. The summed E-state index contributed by atoms with van der Waals surface area (Å²) in [5, 5.41) is 3.22. The first-order chi connectivity index (χ1) is 13.6. The van der Waals surface area contributed by atoms with E-state index < -0.39 is 9.84 Å². The zero-order chi connectivity index (χ0) is 19.8. The molecule has 28 heavy (non-hydrogen) atoms. The molecule has 150 valence electrons. The third-order valence-electron chi connectivity index (χ3n) is 4.78. The average molecular weight is 418 g/mol. The van der Waals surface area contributed by atoms with Crippen LogP contribution in [0.15, 0.2) is 75.4 Å². The van der Waals surface area contributed by atoms with Gasteiger partial charge >= 0.3 is 0 Å². The van der Waals surface area contributed by atoms with Crippen LogP contribution >= 0.6 is 11.8 Å². The van der Waals surface area contributed by atoms with E-state index in [2.05, 4.69) is 39.5 Å².